The summed E-state index contributed by atoms with van der Waals surface area (Å²) in [4.78, 5) is 58.5. The molecule has 0 saturated carbocycles. The van der Waals surface area contributed by atoms with Crippen molar-refractivity contribution in [3.63, 3.8) is 0 Å². The Bertz CT molecular complexity index is 1380. The number of halogens is 1. The molecule has 11 heteroatoms. The number of para-hydroxylation sites is 1. The van der Waals surface area contributed by atoms with Crippen molar-refractivity contribution in [3.8, 4) is 5.75 Å². The second kappa shape index (κ2) is 12.3. The van der Waals surface area contributed by atoms with Gasteiger partial charge in [0.05, 0.1) is 29.9 Å². The number of imide groups is 1. The summed E-state index contributed by atoms with van der Waals surface area (Å²) < 4.78 is 6.14. The molecule has 4 amide bonds. The van der Waals surface area contributed by atoms with E-state index in [0.29, 0.717) is 37.4 Å². The molecule has 222 valence electrons. The van der Waals surface area contributed by atoms with Crippen molar-refractivity contribution in [1.29, 1.82) is 0 Å². The number of piperazine rings is 1. The first-order valence-electron chi connectivity index (χ1n) is 14.8. The molecule has 4 aliphatic heterocycles. The lowest BCUT2D eigenvalue weighted by molar-refractivity contribution is -0.137. The van der Waals surface area contributed by atoms with E-state index in [1.807, 2.05) is 35.2 Å². The van der Waals surface area contributed by atoms with Gasteiger partial charge in [-0.2, -0.15) is 0 Å². The molecule has 2 atom stereocenters. The van der Waals surface area contributed by atoms with Gasteiger partial charge in [-0.1, -0.05) is 29.8 Å². The minimum atomic E-state index is -0.654. The maximum absolute atomic E-state index is 13.5. The van der Waals surface area contributed by atoms with E-state index in [-0.39, 0.29) is 36.7 Å². The maximum atomic E-state index is 13.5. The molecular weight excluding hydrogens is 558 g/mol. The Morgan fingerprint density at radius 1 is 0.976 bits per heavy atom. The van der Waals surface area contributed by atoms with Crippen LogP contribution in [0, 0.1) is 0 Å². The number of piperidine rings is 1. The molecule has 0 aliphatic carbocycles. The molecule has 0 spiro atoms. The summed E-state index contributed by atoms with van der Waals surface area (Å²) in [6, 6.07) is 12.5. The van der Waals surface area contributed by atoms with Crippen LogP contribution in [0.15, 0.2) is 42.5 Å². The van der Waals surface area contributed by atoms with Crippen molar-refractivity contribution in [2.24, 2.45) is 0 Å². The molecule has 3 fully saturated rings. The molecule has 0 bridgehead atoms. The number of nitrogens with zero attached hydrogens (tertiary/aromatic N) is 4. The van der Waals surface area contributed by atoms with Gasteiger partial charge >= 0.3 is 0 Å². The van der Waals surface area contributed by atoms with Gasteiger partial charge in [0, 0.05) is 50.3 Å². The van der Waals surface area contributed by atoms with Crippen LogP contribution in [-0.4, -0.2) is 96.3 Å². The fourth-order valence-corrected chi connectivity index (χ4v) is 6.86. The van der Waals surface area contributed by atoms with E-state index in [9.17, 15) is 19.2 Å². The number of carbonyl (C=O) groups is 4. The summed E-state index contributed by atoms with van der Waals surface area (Å²) in [5.41, 5.74) is 2.33. The van der Waals surface area contributed by atoms with Crippen molar-refractivity contribution >= 4 is 40.9 Å². The van der Waals surface area contributed by atoms with E-state index < -0.39 is 11.9 Å². The van der Waals surface area contributed by atoms with Gasteiger partial charge in [0.1, 0.15) is 11.8 Å². The van der Waals surface area contributed by atoms with Gasteiger partial charge in [0.2, 0.25) is 17.7 Å². The van der Waals surface area contributed by atoms with Crippen LogP contribution in [0.25, 0.3) is 0 Å². The standard InChI is InChI=1S/C31H36ClN5O5/c32-23-7-1-2-8-24(23)35-15-17-36(18-16-35)31(41)26-9-4-13-34(26)14-5-19-42-27-10-3-6-21-22(27)20-37(30(21)40)25-11-12-28(38)33-29(25)39/h1-3,6-8,10,25-26H,4-5,9,11-20H2,(H,33,38,39). The molecule has 2 aromatic carbocycles. The van der Waals surface area contributed by atoms with Crippen LogP contribution in [0.1, 0.15) is 48.0 Å². The number of benzene rings is 2. The maximum Gasteiger partial charge on any atom is 0.255 e. The zero-order valence-corrected chi connectivity index (χ0v) is 24.4. The van der Waals surface area contributed by atoms with E-state index in [4.69, 9.17) is 16.3 Å². The Morgan fingerprint density at radius 3 is 2.57 bits per heavy atom. The minimum Gasteiger partial charge on any atom is -0.493 e. The highest BCUT2D eigenvalue weighted by molar-refractivity contribution is 6.33. The monoisotopic (exact) mass is 593 g/mol. The minimum absolute atomic E-state index is 0.0995. The summed E-state index contributed by atoms with van der Waals surface area (Å²) in [5.74, 6) is -0.0910. The zero-order valence-electron chi connectivity index (χ0n) is 23.6. The van der Waals surface area contributed by atoms with Crippen molar-refractivity contribution in [1.82, 2.24) is 20.0 Å². The van der Waals surface area contributed by atoms with Crippen molar-refractivity contribution in [2.45, 2.75) is 50.7 Å². The van der Waals surface area contributed by atoms with Crippen molar-refractivity contribution in [2.75, 3.05) is 50.8 Å². The third-order valence-corrected chi connectivity index (χ3v) is 9.14. The molecule has 0 radical (unpaired) electrons. The fourth-order valence-electron chi connectivity index (χ4n) is 6.60. The van der Waals surface area contributed by atoms with Gasteiger partial charge in [0.25, 0.3) is 5.91 Å². The second-order valence-electron chi connectivity index (χ2n) is 11.3. The quantitative estimate of drug-likeness (QED) is 0.371. The molecule has 42 heavy (non-hydrogen) atoms. The molecular formula is C31H36ClN5O5. The molecule has 1 N–H and O–H groups in total. The summed E-state index contributed by atoms with van der Waals surface area (Å²) in [6.45, 7) is 5.29. The van der Waals surface area contributed by atoms with Crippen molar-refractivity contribution < 1.29 is 23.9 Å². The first-order valence-corrected chi connectivity index (χ1v) is 15.2. The van der Waals surface area contributed by atoms with Crippen LogP contribution in [0.3, 0.4) is 0 Å². The molecule has 2 aromatic rings. The van der Waals surface area contributed by atoms with Gasteiger partial charge in [-0.15, -0.1) is 0 Å². The number of nitrogens with one attached hydrogen (secondary N) is 1. The van der Waals surface area contributed by atoms with Crippen LogP contribution in [-0.2, 0) is 20.9 Å². The zero-order chi connectivity index (χ0) is 29.2. The van der Waals surface area contributed by atoms with Crippen LogP contribution in [0.2, 0.25) is 5.02 Å². The Kier molecular flexibility index (Phi) is 8.35. The Hall–Kier alpha value is -3.63. The van der Waals surface area contributed by atoms with Gasteiger partial charge in [-0.25, -0.2) is 0 Å². The molecule has 0 aromatic heterocycles. The average molecular weight is 594 g/mol. The largest absolute Gasteiger partial charge is 0.493 e. The molecule has 10 nitrogen and oxygen atoms in total. The average Bonchev–Trinajstić information content (AvgIpc) is 3.60. The van der Waals surface area contributed by atoms with E-state index in [2.05, 4.69) is 15.1 Å². The second-order valence-corrected chi connectivity index (χ2v) is 11.7. The van der Waals surface area contributed by atoms with Gasteiger partial charge in [-0.05, 0) is 56.5 Å². The first kappa shape index (κ1) is 28.5. The van der Waals surface area contributed by atoms with Gasteiger partial charge < -0.3 is 19.4 Å². The van der Waals surface area contributed by atoms with Crippen LogP contribution < -0.4 is 15.0 Å². The summed E-state index contributed by atoms with van der Waals surface area (Å²) >= 11 is 6.38. The number of ether oxygens (including phenoxy) is 1. The predicted octanol–water partition coefficient (Wildman–Crippen LogP) is 2.68. The predicted molar refractivity (Wildman–Crippen MR) is 157 cm³/mol. The lowest BCUT2D eigenvalue weighted by atomic mass is 10.0. The number of hydrogen-bond donors (Lipinski definition) is 1. The summed E-state index contributed by atoms with van der Waals surface area (Å²) in [7, 11) is 0. The Morgan fingerprint density at radius 2 is 1.79 bits per heavy atom. The number of amides is 4. The number of hydrogen-bond acceptors (Lipinski definition) is 7. The third-order valence-electron chi connectivity index (χ3n) is 8.82. The number of likely N-dealkylation sites (tertiary alicyclic amines) is 1. The van der Waals surface area contributed by atoms with Gasteiger partial charge in [-0.3, -0.25) is 29.4 Å². The molecule has 6 rings (SSSR count). The molecule has 2 unspecified atom stereocenters. The number of anilines is 1. The van der Waals surface area contributed by atoms with Crippen LogP contribution >= 0.6 is 11.6 Å². The lowest BCUT2D eigenvalue weighted by Gasteiger charge is -2.38. The summed E-state index contributed by atoms with van der Waals surface area (Å²) in [6.07, 6.45) is 3.17. The number of carbonyl (C=O) groups excluding carboxylic acids is 4. The molecule has 4 aliphatic rings. The summed E-state index contributed by atoms with van der Waals surface area (Å²) in [5, 5.41) is 3.07. The highest BCUT2D eigenvalue weighted by atomic mass is 35.5. The van der Waals surface area contributed by atoms with E-state index in [1.165, 1.54) is 4.90 Å². The highest BCUT2D eigenvalue weighted by Crippen LogP contribution is 2.34. The lowest BCUT2D eigenvalue weighted by Crippen LogP contribution is -2.54. The normalized spacial score (nSPS) is 22.9. The molecule has 3 saturated heterocycles. The highest BCUT2D eigenvalue weighted by Gasteiger charge is 2.40. The molecule has 4 heterocycles. The van der Waals surface area contributed by atoms with Crippen LogP contribution in [0.5, 0.6) is 5.75 Å². The van der Waals surface area contributed by atoms with E-state index in [0.717, 1.165) is 61.7 Å². The topological polar surface area (TPSA) is 102 Å². The SMILES string of the molecule is O=C1CCC(N2Cc3c(OCCCN4CCCC4C(=O)N4CCN(c5ccccc5Cl)CC4)cccc3C2=O)C(=O)N1. The third kappa shape index (κ3) is 5.70. The van der Waals surface area contributed by atoms with E-state index >= 15 is 0 Å². The number of fused-ring (bicyclic) bond motifs is 1. The Labute approximate surface area is 250 Å². The number of rotatable bonds is 8. The fraction of sp³-hybridized carbons (Fsp3) is 0.484. The van der Waals surface area contributed by atoms with Gasteiger partial charge in [0.15, 0.2) is 0 Å². The first-order chi connectivity index (χ1) is 20.4. The smallest absolute Gasteiger partial charge is 0.255 e. The Balaban J connectivity index is 0.993. The van der Waals surface area contributed by atoms with E-state index in [1.54, 1.807) is 12.1 Å². The van der Waals surface area contributed by atoms with Crippen molar-refractivity contribution in [3.05, 3.63) is 58.6 Å². The van der Waals surface area contributed by atoms with Crippen LogP contribution in [0.4, 0.5) is 5.69 Å².